The van der Waals surface area contributed by atoms with Crippen molar-refractivity contribution < 1.29 is 14.7 Å². The molecule has 0 spiro atoms. The molecule has 4 heteroatoms. The molecule has 0 unspecified atom stereocenters. The SMILES string of the molecule is O=C1C=CC(=O)c2c(O)cccc21.[NaH]. The Morgan fingerprint density at radius 3 is 2.29 bits per heavy atom. The number of phenolic OH excluding ortho intramolecular Hbond substituents is 1. The van der Waals surface area contributed by atoms with E-state index in [1.807, 2.05) is 0 Å². The van der Waals surface area contributed by atoms with E-state index in [1.165, 1.54) is 24.3 Å². The van der Waals surface area contributed by atoms with E-state index in [0.717, 1.165) is 0 Å². The predicted octanol–water partition coefficient (Wildman–Crippen LogP) is 0.679. The van der Waals surface area contributed by atoms with Crippen LogP contribution in [0, 0.1) is 0 Å². The molecule has 1 aliphatic rings. The van der Waals surface area contributed by atoms with Crippen LogP contribution in [0.5, 0.6) is 5.75 Å². The van der Waals surface area contributed by atoms with Crippen LogP contribution in [0.1, 0.15) is 20.7 Å². The third-order valence-electron chi connectivity index (χ3n) is 1.94. The fraction of sp³-hybridized carbons (Fsp3) is 0. The molecule has 0 heterocycles. The van der Waals surface area contributed by atoms with Gasteiger partial charge in [0.05, 0.1) is 5.56 Å². The van der Waals surface area contributed by atoms with E-state index in [1.54, 1.807) is 6.07 Å². The molecule has 0 radical (unpaired) electrons. The predicted molar refractivity (Wildman–Crippen MR) is 53.1 cm³/mol. The first-order valence-electron chi connectivity index (χ1n) is 3.79. The van der Waals surface area contributed by atoms with Crippen molar-refractivity contribution in [1.82, 2.24) is 0 Å². The summed E-state index contributed by atoms with van der Waals surface area (Å²) in [5.74, 6) is -0.710. The summed E-state index contributed by atoms with van der Waals surface area (Å²) in [6.07, 6.45) is 2.38. The molecule has 1 aliphatic carbocycles. The summed E-state index contributed by atoms with van der Waals surface area (Å²) < 4.78 is 0. The third kappa shape index (κ3) is 1.66. The number of phenols is 1. The first-order valence-corrected chi connectivity index (χ1v) is 3.79. The first kappa shape index (κ1) is 11.2. The van der Waals surface area contributed by atoms with Crippen LogP contribution in [0.25, 0.3) is 0 Å². The molecular weight excluding hydrogens is 191 g/mol. The van der Waals surface area contributed by atoms with Crippen LogP contribution in [0.2, 0.25) is 0 Å². The Labute approximate surface area is 103 Å². The molecule has 1 aromatic carbocycles. The van der Waals surface area contributed by atoms with E-state index in [0.29, 0.717) is 0 Å². The minimum atomic E-state index is -0.326. The van der Waals surface area contributed by atoms with E-state index < -0.39 is 0 Å². The van der Waals surface area contributed by atoms with E-state index in [9.17, 15) is 14.7 Å². The molecule has 3 nitrogen and oxygen atoms in total. The number of carbonyl (C=O) groups is 2. The van der Waals surface area contributed by atoms with Gasteiger partial charge in [0.25, 0.3) is 0 Å². The van der Waals surface area contributed by atoms with Gasteiger partial charge in [0.2, 0.25) is 0 Å². The van der Waals surface area contributed by atoms with E-state index in [4.69, 9.17) is 0 Å². The summed E-state index contributed by atoms with van der Waals surface area (Å²) in [6.45, 7) is 0. The Balaban J connectivity index is 0.000000980. The molecule has 14 heavy (non-hydrogen) atoms. The van der Waals surface area contributed by atoms with Gasteiger partial charge >= 0.3 is 29.6 Å². The number of carbonyl (C=O) groups excluding carboxylic acids is 2. The Morgan fingerprint density at radius 1 is 1.00 bits per heavy atom. The zero-order chi connectivity index (χ0) is 9.42. The van der Waals surface area contributed by atoms with Gasteiger partial charge in [-0.25, -0.2) is 0 Å². The first-order chi connectivity index (χ1) is 6.20. The maximum atomic E-state index is 11.3. The molecule has 2 rings (SSSR count). The number of benzene rings is 1. The van der Waals surface area contributed by atoms with Gasteiger partial charge in [0, 0.05) is 5.56 Å². The van der Waals surface area contributed by atoms with Gasteiger partial charge in [-0.3, -0.25) is 9.59 Å². The van der Waals surface area contributed by atoms with Crippen LogP contribution in [0.3, 0.4) is 0 Å². The van der Waals surface area contributed by atoms with Crippen molar-refractivity contribution in [3.8, 4) is 5.75 Å². The van der Waals surface area contributed by atoms with Crippen molar-refractivity contribution >= 4 is 41.1 Å². The second-order valence-electron chi connectivity index (χ2n) is 2.76. The van der Waals surface area contributed by atoms with Gasteiger partial charge < -0.3 is 5.11 Å². The van der Waals surface area contributed by atoms with Crippen molar-refractivity contribution in [3.63, 3.8) is 0 Å². The van der Waals surface area contributed by atoms with Gasteiger partial charge in [-0.2, -0.15) is 0 Å². The molecule has 66 valence electrons. The quantitative estimate of drug-likeness (QED) is 0.623. The number of rotatable bonds is 0. The summed E-state index contributed by atoms with van der Waals surface area (Å²) in [5, 5.41) is 9.34. The van der Waals surface area contributed by atoms with Crippen LogP contribution in [-0.2, 0) is 0 Å². The molecule has 0 aromatic heterocycles. The zero-order valence-electron chi connectivity index (χ0n) is 6.65. The molecule has 0 atom stereocenters. The van der Waals surface area contributed by atoms with Gasteiger partial charge in [0.15, 0.2) is 11.6 Å². The molecule has 0 bridgehead atoms. The van der Waals surface area contributed by atoms with Crippen molar-refractivity contribution in [2.75, 3.05) is 0 Å². The van der Waals surface area contributed by atoms with Gasteiger partial charge in [-0.15, -0.1) is 0 Å². The molecule has 0 saturated heterocycles. The fourth-order valence-corrected chi connectivity index (χ4v) is 1.33. The topological polar surface area (TPSA) is 54.4 Å². The number of hydrogen-bond donors (Lipinski definition) is 1. The molecule has 0 aliphatic heterocycles. The van der Waals surface area contributed by atoms with Crippen molar-refractivity contribution in [3.05, 3.63) is 41.5 Å². The second-order valence-corrected chi connectivity index (χ2v) is 2.76. The molecular formula is C10H7NaO3. The van der Waals surface area contributed by atoms with Crippen molar-refractivity contribution in [2.45, 2.75) is 0 Å². The summed E-state index contributed by atoms with van der Waals surface area (Å²) in [4.78, 5) is 22.5. The molecule has 1 N–H and O–H groups in total. The van der Waals surface area contributed by atoms with Crippen LogP contribution in [0.4, 0.5) is 0 Å². The Morgan fingerprint density at radius 2 is 1.64 bits per heavy atom. The number of aromatic hydroxyl groups is 1. The van der Waals surface area contributed by atoms with E-state index >= 15 is 0 Å². The Kier molecular flexibility index (Phi) is 3.26. The number of fused-ring (bicyclic) bond motifs is 1. The van der Waals surface area contributed by atoms with E-state index in [-0.39, 0.29) is 58.0 Å². The second kappa shape index (κ2) is 4.09. The van der Waals surface area contributed by atoms with Gasteiger partial charge in [0.1, 0.15) is 5.75 Å². The molecule has 0 fully saturated rings. The van der Waals surface area contributed by atoms with Crippen LogP contribution in [0.15, 0.2) is 30.4 Å². The third-order valence-corrected chi connectivity index (χ3v) is 1.94. The average molecular weight is 198 g/mol. The molecule has 0 saturated carbocycles. The number of allylic oxidation sites excluding steroid dienone is 2. The normalized spacial score (nSPS) is 13.4. The Bertz CT molecular complexity index is 435. The summed E-state index contributed by atoms with van der Waals surface area (Å²) >= 11 is 0. The van der Waals surface area contributed by atoms with Crippen LogP contribution >= 0.6 is 0 Å². The monoisotopic (exact) mass is 198 g/mol. The summed E-state index contributed by atoms with van der Waals surface area (Å²) in [6, 6.07) is 4.46. The van der Waals surface area contributed by atoms with Gasteiger partial charge in [-0.1, -0.05) is 12.1 Å². The Hall–Kier alpha value is -0.900. The average Bonchev–Trinajstić information content (AvgIpc) is 2.12. The molecule has 1 aromatic rings. The molecule has 0 amide bonds. The van der Waals surface area contributed by atoms with Crippen molar-refractivity contribution in [2.24, 2.45) is 0 Å². The van der Waals surface area contributed by atoms with Crippen LogP contribution < -0.4 is 0 Å². The van der Waals surface area contributed by atoms with E-state index in [2.05, 4.69) is 0 Å². The number of ketones is 2. The van der Waals surface area contributed by atoms with Crippen molar-refractivity contribution in [1.29, 1.82) is 0 Å². The number of hydrogen-bond acceptors (Lipinski definition) is 3. The standard InChI is InChI=1S/C10H6O3.Na.H/c11-7-4-5-9(13)10-6(7)2-1-3-8(10)12;;/h1-5,12H;;. The fourth-order valence-electron chi connectivity index (χ4n) is 1.33. The maximum absolute atomic E-state index is 11.3. The zero-order valence-corrected chi connectivity index (χ0v) is 6.65. The van der Waals surface area contributed by atoms with Gasteiger partial charge in [-0.05, 0) is 18.2 Å². The minimum absolute atomic E-state index is 0. The summed E-state index contributed by atoms with van der Waals surface area (Å²) in [7, 11) is 0. The summed E-state index contributed by atoms with van der Waals surface area (Å²) in [5.41, 5.74) is 0.377. The van der Waals surface area contributed by atoms with Crippen LogP contribution in [-0.4, -0.2) is 46.2 Å².